The molecule has 148 valence electrons. The smallest absolute Gasteiger partial charge is 0.322 e. The molecule has 0 radical (unpaired) electrons. The molecule has 0 aromatic rings. The van der Waals surface area contributed by atoms with Crippen molar-refractivity contribution in [2.24, 2.45) is 5.73 Å². The van der Waals surface area contributed by atoms with Gasteiger partial charge in [-0.1, -0.05) is 11.8 Å². The first-order chi connectivity index (χ1) is 12.1. The van der Waals surface area contributed by atoms with Gasteiger partial charge in [-0.15, -0.1) is 0 Å². The van der Waals surface area contributed by atoms with Crippen LogP contribution in [0.4, 0.5) is 4.79 Å². The lowest BCUT2D eigenvalue weighted by Crippen LogP contribution is -2.51. The molecule has 0 spiro atoms. The van der Waals surface area contributed by atoms with Gasteiger partial charge in [0.2, 0.25) is 11.8 Å². The van der Waals surface area contributed by atoms with Crippen molar-refractivity contribution in [1.82, 2.24) is 15.5 Å². The van der Waals surface area contributed by atoms with Crippen LogP contribution < -0.4 is 16.4 Å². The van der Waals surface area contributed by atoms with Crippen LogP contribution in [0, 0.1) is 0 Å². The molecular weight excluding hydrogens is 368 g/mol. The maximum atomic E-state index is 12.0. The summed E-state index contributed by atoms with van der Waals surface area (Å²) >= 11 is 0.788. The van der Waals surface area contributed by atoms with Crippen LogP contribution in [0.1, 0.15) is 20.3 Å². The number of carboxylic acids is 2. The van der Waals surface area contributed by atoms with E-state index in [0.717, 1.165) is 11.8 Å². The number of rotatable bonds is 11. The van der Waals surface area contributed by atoms with Crippen molar-refractivity contribution in [2.75, 3.05) is 25.4 Å². The van der Waals surface area contributed by atoms with Crippen LogP contribution in [-0.4, -0.2) is 81.6 Å². The predicted molar refractivity (Wildman–Crippen MR) is 93.6 cm³/mol. The van der Waals surface area contributed by atoms with E-state index in [0.29, 0.717) is 13.1 Å². The number of amides is 3. The van der Waals surface area contributed by atoms with Crippen LogP contribution in [0.15, 0.2) is 0 Å². The number of hydrogen-bond donors (Lipinski definition) is 5. The van der Waals surface area contributed by atoms with Gasteiger partial charge >= 0.3 is 11.9 Å². The highest BCUT2D eigenvalue weighted by molar-refractivity contribution is 8.13. The second kappa shape index (κ2) is 12.1. The summed E-state index contributed by atoms with van der Waals surface area (Å²) in [6, 6.07) is -2.66. The Morgan fingerprint density at radius 1 is 1.12 bits per heavy atom. The van der Waals surface area contributed by atoms with Crippen LogP contribution in [0.2, 0.25) is 0 Å². The van der Waals surface area contributed by atoms with E-state index in [1.54, 1.807) is 13.8 Å². The molecule has 0 aliphatic carbocycles. The molecule has 3 amide bonds. The SMILES string of the molecule is CCN(CC)C(=O)SCC(NC(=O)CC(N)C(=O)O)C(=O)NCC(=O)O. The zero-order valence-corrected chi connectivity index (χ0v) is 15.4. The lowest BCUT2D eigenvalue weighted by atomic mass is 10.2. The van der Waals surface area contributed by atoms with Gasteiger partial charge < -0.3 is 31.5 Å². The van der Waals surface area contributed by atoms with Crippen LogP contribution in [0.25, 0.3) is 0 Å². The molecule has 0 aromatic heterocycles. The lowest BCUT2D eigenvalue weighted by molar-refractivity contribution is -0.141. The molecule has 2 atom stereocenters. The minimum Gasteiger partial charge on any atom is -0.480 e. The fourth-order valence-corrected chi connectivity index (χ4v) is 2.72. The second-order valence-corrected chi connectivity index (χ2v) is 6.10. The van der Waals surface area contributed by atoms with Crippen molar-refractivity contribution in [3.05, 3.63) is 0 Å². The third kappa shape index (κ3) is 9.22. The van der Waals surface area contributed by atoms with Gasteiger partial charge in [0, 0.05) is 18.8 Å². The van der Waals surface area contributed by atoms with Crippen molar-refractivity contribution >= 4 is 40.8 Å². The van der Waals surface area contributed by atoms with E-state index in [1.165, 1.54) is 4.90 Å². The van der Waals surface area contributed by atoms with Crippen LogP contribution in [0.5, 0.6) is 0 Å². The number of carbonyl (C=O) groups is 5. The predicted octanol–water partition coefficient (Wildman–Crippen LogP) is -1.33. The highest BCUT2D eigenvalue weighted by Gasteiger charge is 2.25. The number of thioether (sulfide) groups is 1. The van der Waals surface area contributed by atoms with Crippen LogP contribution in [-0.2, 0) is 19.2 Å². The molecule has 0 rings (SSSR count). The quantitative estimate of drug-likeness (QED) is 0.285. The number of carbonyl (C=O) groups excluding carboxylic acids is 3. The largest absolute Gasteiger partial charge is 0.480 e. The molecule has 11 nitrogen and oxygen atoms in total. The van der Waals surface area contributed by atoms with Crippen molar-refractivity contribution < 1.29 is 34.2 Å². The van der Waals surface area contributed by atoms with Gasteiger partial charge in [0.15, 0.2) is 0 Å². The van der Waals surface area contributed by atoms with Gasteiger partial charge in [-0.05, 0) is 13.8 Å². The summed E-state index contributed by atoms with van der Waals surface area (Å²) in [4.78, 5) is 58.6. The molecule has 0 heterocycles. The molecule has 0 saturated carbocycles. The topological polar surface area (TPSA) is 179 Å². The number of nitrogens with two attached hydrogens (primary N) is 1. The fraction of sp³-hybridized carbons (Fsp3) is 0.643. The van der Waals surface area contributed by atoms with E-state index in [1.807, 2.05) is 0 Å². The molecule has 0 aromatic carbocycles. The maximum Gasteiger partial charge on any atom is 0.322 e. The van der Waals surface area contributed by atoms with Crippen LogP contribution in [0.3, 0.4) is 0 Å². The number of nitrogens with zero attached hydrogens (tertiary/aromatic N) is 1. The number of nitrogens with one attached hydrogen (secondary N) is 2. The maximum absolute atomic E-state index is 12.0. The molecule has 0 bridgehead atoms. The summed E-state index contributed by atoms with van der Waals surface area (Å²) < 4.78 is 0. The number of aliphatic carboxylic acids is 2. The molecule has 6 N–H and O–H groups in total. The van der Waals surface area contributed by atoms with Crippen molar-refractivity contribution in [3.8, 4) is 0 Å². The minimum absolute atomic E-state index is 0.144. The highest BCUT2D eigenvalue weighted by atomic mass is 32.2. The van der Waals surface area contributed by atoms with Gasteiger partial charge in [-0.3, -0.25) is 24.0 Å². The molecule has 26 heavy (non-hydrogen) atoms. The Morgan fingerprint density at radius 2 is 1.69 bits per heavy atom. The average Bonchev–Trinajstić information content (AvgIpc) is 2.57. The lowest BCUT2D eigenvalue weighted by Gasteiger charge is -2.21. The highest BCUT2D eigenvalue weighted by Crippen LogP contribution is 2.11. The van der Waals surface area contributed by atoms with E-state index in [-0.39, 0.29) is 11.0 Å². The van der Waals surface area contributed by atoms with Crippen molar-refractivity contribution in [1.29, 1.82) is 0 Å². The Bertz CT molecular complexity index is 539. The van der Waals surface area contributed by atoms with E-state index in [4.69, 9.17) is 15.9 Å². The first-order valence-electron chi connectivity index (χ1n) is 7.81. The molecular formula is C14H24N4O7S. The van der Waals surface area contributed by atoms with Gasteiger partial charge in [0.25, 0.3) is 5.24 Å². The summed E-state index contributed by atoms with van der Waals surface area (Å²) in [7, 11) is 0. The zero-order valence-electron chi connectivity index (χ0n) is 14.6. The van der Waals surface area contributed by atoms with E-state index in [9.17, 15) is 24.0 Å². The summed E-state index contributed by atoms with van der Waals surface area (Å²) in [5, 5.41) is 21.4. The van der Waals surface area contributed by atoms with Gasteiger partial charge in [-0.25, -0.2) is 0 Å². The molecule has 2 unspecified atom stereocenters. The second-order valence-electron chi connectivity index (χ2n) is 5.13. The third-order valence-electron chi connectivity index (χ3n) is 3.18. The molecule has 0 aliphatic heterocycles. The standard InChI is InChI=1S/C14H24N4O7S/c1-3-18(4-2)14(25)26-7-9(12(22)16-6-11(20)21)17-10(19)5-8(15)13(23)24/h8-9H,3-7,15H2,1-2H3,(H,16,22)(H,17,19)(H,20,21)(H,23,24). The Morgan fingerprint density at radius 3 is 2.15 bits per heavy atom. The van der Waals surface area contributed by atoms with Crippen LogP contribution >= 0.6 is 11.8 Å². The summed E-state index contributed by atoms with van der Waals surface area (Å²) in [6.45, 7) is 3.85. The first kappa shape index (κ1) is 23.7. The van der Waals surface area contributed by atoms with Gasteiger partial charge in [0.1, 0.15) is 18.6 Å². The Balaban J connectivity index is 4.91. The van der Waals surface area contributed by atoms with E-state index in [2.05, 4.69) is 10.6 Å². The zero-order chi connectivity index (χ0) is 20.3. The van der Waals surface area contributed by atoms with Crippen molar-refractivity contribution in [3.63, 3.8) is 0 Å². The van der Waals surface area contributed by atoms with Gasteiger partial charge in [0.05, 0.1) is 6.42 Å². The Hall–Kier alpha value is -2.34. The van der Waals surface area contributed by atoms with Crippen molar-refractivity contribution in [2.45, 2.75) is 32.4 Å². The first-order valence-corrected chi connectivity index (χ1v) is 8.79. The summed E-state index contributed by atoms with van der Waals surface area (Å²) in [5.74, 6) is -4.40. The minimum atomic E-state index is -1.44. The van der Waals surface area contributed by atoms with E-state index < -0.39 is 48.8 Å². The normalized spacial score (nSPS) is 12.6. The molecule has 0 fully saturated rings. The Labute approximate surface area is 154 Å². The van der Waals surface area contributed by atoms with E-state index >= 15 is 0 Å². The monoisotopic (exact) mass is 392 g/mol. The molecule has 12 heteroatoms. The molecule has 0 aliphatic rings. The third-order valence-corrected chi connectivity index (χ3v) is 4.19. The number of hydrogen-bond acceptors (Lipinski definition) is 7. The summed E-state index contributed by atoms with van der Waals surface area (Å²) in [5.41, 5.74) is 5.26. The summed E-state index contributed by atoms with van der Waals surface area (Å²) in [6.07, 6.45) is -0.563. The number of carboxylic acid groups (broad SMARTS) is 2. The molecule has 0 saturated heterocycles. The average molecular weight is 392 g/mol. The van der Waals surface area contributed by atoms with Gasteiger partial charge in [-0.2, -0.15) is 0 Å². The fourth-order valence-electron chi connectivity index (χ4n) is 1.74. The Kier molecular flexibility index (Phi) is 11.0.